The Hall–Kier alpha value is -1.35. The Labute approximate surface area is 117 Å². The summed E-state index contributed by atoms with van der Waals surface area (Å²) in [5.41, 5.74) is 0. The van der Waals surface area contributed by atoms with Crippen LogP contribution in [0.2, 0.25) is 0 Å². The van der Waals surface area contributed by atoms with Gasteiger partial charge in [-0.15, -0.1) is 6.42 Å². The Morgan fingerprint density at radius 3 is 3.11 bits per heavy atom. The second-order valence-corrected chi connectivity index (χ2v) is 6.12. The number of thioether (sulfide) groups is 1. The van der Waals surface area contributed by atoms with Crippen molar-refractivity contribution < 1.29 is 9.59 Å². The van der Waals surface area contributed by atoms with Crippen molar-refractivity contribution in [1.82, 2.24) is 16.0 Å². The van der Waals surface area contributed by atoms with E-state index in [0.29, 0.717) is 18.2 Å². The van der Waals surface area contributed by atoms with E-state index < -0.39 is 0 Å². The number of hydrogen-bond donors (Lipinski definition) is 3. The fraction of sp³-hybridized carbons (Fsp3) is 0.692. The zero-order valence-corrected chi connectivity index (χ0v) is 11.6. The summed E-state index contributed by atoms with van der Waals surface area (Å²) >= 11 is 1.90. The van der Waals surface area contributed by atoms with Crippen LogP contribution >= 0.6 is 11.8 Å². The SMILES string of the molecule is C#CCNC(=O)CCCCC1SC[C@@H]2NC(=O)N[C@H]12. The van der Waals surface area contributed by atoms with Gasteiger partial charge in [-0.2, -0.15) is 11.8 Å². The minimum atomic E-state index is -0.0473. The third-order valence-electron chi connectivity index (χ3n) is 3.47. The van der Waals surface area contributed by atoms with Gasteiger partial charge in [-0.05, 0) is 12.8 Å². The Morgan fingerprint density at radius 2 is 2.32 bits per heavy atom. The van der Waals surface area contributed by atoms with Crippen molar-refractivity contribution in [2.45, 2.75) is 43.0 Å². The molecule has 0 aromatic rings. The Bertz CT molecular complexity index is 394. The molecule has 3 amide bonds. The van der Waals surface area contributed by atoms with E-state index in [1.807, 2.05) is 11.8 Å². The molecule has 0 bridgehead atoms. The number of fused-ring (bicyclic) bond motifs is 1. The molecule has 6 heteroatoms. The van der Waals surface area contributed by atoms with E-state index in [9.17, 15) is 9.59 Å². The molecule has 2 heterocycles. The molecule has 2 aliphatic rings. The first-order chi connectivity index (χ1) is 9.20. The van der Waals surface area contributed by atoms with E-state index in [1.165, 1.54) is 0 Å². The fourth-order valence-corrected chi connectivity index (χ4v) is 4.06. The fourth-order valence-electron chi connectivity index (χ4n) is 2.51. The topological polar surface area (TPSA) is 70.2 Å². The molecular formula is C13H19N3O2S. The third kappa shape index (κ3) is 3.80. The van der Waals surface area contributed by atoms with Crippen molar-refractivity contribution in [3.05, 3.63) is 0 Å². The molecule has 2 saturated heterocycles. The molecule has 0 aromatic carbocycles. The number of carbonyl (C=O) groups is 2. The van der Waals surface area contributed by atoms with Gasteiger partial charge in [0, 0.05) is 17.4 Å². The minimum Gasteiger partial charge on any atom is -0.345 e. The van der Waals surface area contributed by atoms with Crippen molar-refractivity contribution in [2.24, 2.45) is 0 Å². The van der Waals surface area contributed by atoms with Crippen molar-refractivity contribution in [3.63, 3.8) is 0 Å². The summed E-state index contributed by atoms with van der Waals surface area (Å²) in [6, 6.07) is 0.489. The first-order valence-electron chi connectivity index (χ1n) is 6.59. The van der Waals surface area contributed by atoms with Gasteiger partial charge >= 0.3 is 6.03 Å². The lowest BCUT2D eigenvalue weighted by atomic mass is 10.0. The van der Waals surface area contributed by atoms with Gasteiger partial charge in [0.15, 0.2) is 0 Å². The first-order valence-corrected chi connectivity index (χ1v) is 7.64. The van der Waals surface area contributed by atoms with Gasteiger partial charge in [-0.3, -0.25) is 4.79 Å². The number of nitrogens with one attached hydrogen (secondary N) is 3. The van der Waals surface area contributed by atoms with Crippen molar-refractivity contribution in [3.8, 4) is 12.3 Å². The quantitative estimate of drug-likeness (QED) is 0.376. The van der Waals surface area contributed by atoms with Gasteiger partial charge in [0.1, 0.15) is 0 Å². The molecule has 2 rings (SSSR count). The van der Waals surface area contributed by atoms with Crippen LogP contribution in [0.3, 0.4) is 0 Å². The molecule has 3 atom stereocenters. The lowest BCUT2D eigenvalue weighted by Gasteiger charge is -2.16. The number of urea groups is 1. The van der Waals surface area contributed by atoms with Crippen LogP contribution in [0.25, 0.3) is 0 Å². The van der Waals surface area contributed by atoms with Gasteiger partial charge in [-0.1, -0.05) is 12.3 Å². The molecule has 0 saturated carbocycles. The predicted molar refractivity (Wildman–Crippen MR) is 75.8 cm³/mol. The summed E-state index contributed by atoms with van der Waals surface area (Å²) < 4.78 is 0. The summed E-state index contributed by atoms with van der Waals surface area (Å²) in [7, 11) is 0. The van der Waals surface area contributed by atoms with Crippen LogP contribution in [0.5, 0.6) is 0 Å². The zero-order chi connectivity index (χ0) is 13.7. The normalized spacial score (nSPS) is 28.2. The van der Waals surface area contributed by atoms with Gasteiger partial charge in [-0.25, -0.2) is 4.79 Å². The lowest BCUT2D eigenvalue weighted by molar-refractivity contribution is -0.120. The molecular weight excluding hydrogens is 262 g/mol. The van der Waals surface area contributed by atoms with Crippen LogP contribution in [0, 0.1) is 12.3 Å². The van der Waals surface area contributed by atoms with Crippen molar-refractivity contribution in [1.29, 1.82) is 0 Å². The van der Waals surface area contributed by atoms with Gasteiger partial charge in [0.2, 0.25) is 5.91 Å². The average molecular weight is 281 g/mol. The molecule has 104 valence electrons. The predicted octanol–water partition coefficient (Wildman–Crippen LogP) is 0.462. The van der Waals surface area contributed by atoms with Crippen molar-refractivity contribution in [2.75, 3.05) is 12.3 Å². The number of carbonyl (C=O) groups excluding carboxylic acids is 2. The minimum absolute atomic E-state index is 0.0192. The second kappa shape index (κ2) is 6.71. The highest BCUT2D eigenvalue weighted by molar-refractivity contribution is 8.00. The zero-order valence-electron chi connectivity index (χ0n) is 10.8. The Balaban J connectivity index is 1.60. The summed E-state index contributed by atoms with van der Waals surface area (Å²) in [5, 5.41) is 9.02. The summed E-state index contributed by atoms with van der Waals surface area (Å²) in [4.78, 5) is 22.6. The number of rotatable bonds is 6. The van der Waals surface area contributed by atoms with Crippen LogP contribution in [0.4, 0.5) is 4.79 Å². The van der Waals surface area contributed by atoms with Crippen LogP contribution in [-0.4, -0.2) is 41.6 Å². The van der Waals surface area contributed by atoms with Crippen LogP contribution < -0.4 is 16.0 Å². The van der Waals surface area contributed by atoms with E-state index in [-0.39, 0.29) is 24.0 Å². The number of amides is 3. The molecule has 3 N–H and O–H groups in total. The maximum absolute atomic E-state index is 11.3. The number of terminal acetylenes is 1. The van der Waals surface area contributed by atoms with Gasteiger partial charge in [0.25, 0.3) is 0 Å². The molecule has 0 aliphatic carbocycles. The van der Waals surface area contributed by atoms with Crippen LogP contribution in [0.1, 0.15) is 25.7 Å². The summed E-state index contributed by atoms with van der Waals surface area (Å²) in [6.45, 7) is 0.304. The molecule has 2 aliphatic heterocycles. The van der Waals surface area contributed by atoms with Gasteiger partial charge < -0.3 is 16.0 Å². The highest BCUT2D eigenvalue weighted by Gasteiger charge is 2.42. The van der Waals surface area contributed by atoms with Crippen LogP contribution in [-0.2, 0) is 4.79 Å². The Kier molecular flexibility index (Phi) is 4.97. The summed E-state index contributed by atoms with van der Waals surface area (Å²) in [5.74, 6) is 3.38. The monoisotopic (exact) mass is 281 g/mol. The largest absolute Gasteiger partial charge is 0.345 e. The van der Waals surface area contributed by atoms with E-state index in [0.717, 1.165) is 25.0 Å². The number of hydrogen-bond acceptors (Lipinski definition) is 3. The second-order valence-electron chi connectivity index (χ2n) is 4.85. The maximum atomic E-state index is 11.3. The smallest absolute Gasteiger partial charge is 0.315 e. The average Bonchev–Trinajstić information content (AvgIpc) is 2.92. The highest BCUT2D eigenvalue weighted by atomic mass is 32.2. The van der Waals surface area contributed by atoms with E-state index >= 15 is 0 Å². The molecule has 0 aromatic heterocycles. The number of unbranched alkanes of at least 4 members (excludes halogenated alkanes) is 1. The van der Waals surface area contributed by atoms with E-state index in [1.54, 1.807) is 0 Å². The first kappa shape index (κ1) is 14.1. The Morgan fingerprint density at radius 1 is 1.47 bits per heavy atom. The summed E-state index contributed by atoms with van der Waals surface area (Å²) in [6.07, 6.45) is 8.50. The van der Waals surface area contributed by atoms with Crippen LogP contribution in [0.15, 0.2) is 0 Å². The molecule has 19 heavy (non-hydrogen) atoms. The van der Waals surface area contributed by atoms with Crippen molar-refractivity contribution >= 4 is 23.7 Å². The standard InChI is InChI=1S/C13H19N3O2S/c1-2-7-14-11(17)6-4-3-5-10-12-9(8-19-10)15-13(18)16-12/h1,9-10,12H,3-8H2,(H,14,17)(H2,15,16,18)/t9-,10?,12-/m0/s1. The lowest BCUT2D eigenvalue weighted by Crippen LogP contribution is -2.36. The maximum Gasteiger partial charge on any atom is 0.315 e. The van der Waals surface area contributed by atoms with Gasteiger partial charge in [0.05, 0.1) is 18.6 Å². The molecule has 0 radical (unpaired) electrons. The van der Waals surface area contributed by atoms with E-state index in [2.05, 4.69) is 21.9 Å². The third-order valence-corrected chi connectivity index (χ3v) is 4.98. The molecule has 0 spiro atoms. The molecule has 1 unspecified atom stereocenters. The van der Waals surface area contributed by atoms with E-state index in [4.69, 9.17) is 6.42 Å². The molecule has 5 nitrogen and oxygen atoms in total. The highest BCUT2D eigenvalue weighted by Crippen LogP contribution is 2.33. The molecule has 2 fully saturated rings.